The molecule has 1 spiro atoms. The number of carbonyl (C=O) groups excluding carboxylic acids is 1. The smallest absolute Gasteiger partial charge is 0.323 e. The van der Waals surface area contributed by atoms with Gasteiger partial charge in [-0.05, 0) is 45.1 Å². The highest BCUT2D eigenvalue weighted by Crippen LogP contribution is 2.47. The second kappa shape index (κ2) is 4.72. The van der Waals surface area contributed by atoms with E-state index in [1.54, 1.807) is 0 Å². The van der Waals surface area contributed by atoms with Gasteiger partial charge in [-0.15, -0.1) is 0 Å². The van der Waals surface area contributed by atoms with Gasteiger partial charge in [0.25, 0.3) is 0 Å². The summed E-state index contributed by atoms with van der Waals surface area (Å²) in [5, 5.41) is 3.09. The predicted octanol–water partition coefficient (Wildman–Crippen LogP) is 1.10. The zero-order valence-corrected chi connectivity index (χ0v) is 10.1. The lowest BCUT2D eigenvalue weighted by Gasteiger charge is -2.25. The topological polar surface area (TPSA) is 47.6 Å². The van der Waals surface area contributed by atoms with Gasteiger partial charge in [0.1, 0.15) is 6.04 Å². The van der Waals surface area contributed by atoms with Crippen molar-refractivity contribution in [2.45, 2.75) is 43.7 Å². The van der Waals surface area contributed by atoms with Crippen molar-refractivity contribution in [2.24, 2.45) is 5.92 Å². The van der Waals surface area contributed by atoms with Crippen LogP contribution in [0.5, 0.6) is 0 Å². The van der Waals surface area contributed by atoms with Crippen LogP contribution in [0, 0.1) is 5.92 Å². The Kier molecular flexibility index (Phi) is 3.50. The maximum absolute atomic E-state index is 11.7. The molecule has 92 valence electrons. The standard InChI is InChI=1S/C12H21NO3/c1-13-10(11(14)15-2)9-4-3-7-16-12(8-9)5-6-12/h9-10,13H,3-8H2,1-2H3/t9-,10+/m1/s1. The van der Waals surface area contributed by atoms with Gasteiger partial charge in [-0.2, -0.15) is 0 Å². The van der Waals surface area contributed by atoms with Crippen molar-refractivity contribution in [3.63, 3.8) is 0 Å². The predicted molar refractivity (Wildman–Crippen MR) is 60.1 cm³/mol. The maximum atomic E-state index is 11.7. The minimum atomic E-state index is -0.177. The van der Waals surface area contributed by atoms with Crippen molar-refractivity contribution in [1.29, 1.82) is 0 Å². The lowest BCUT2D eigenvalue weighted by molar-refractivity contribution is -0.144. The fraction of sp³-hybridized carbons (Fsp3) is 0.917. The molecule has 1 heterocycles. The number of rotatable bonds is 3. The number of methoxy groups -OCH3 is 1. The Balaban J connectivity index is 2.02. The van der Waals surface area contributed by atoms with E-state index in [9.17, 15) is 4.79 Å². The zero-order valence-electron chi connectivity index (χ0n) is 10.1. The maximum Gasteiger partial charge on any atom is 0.323 e. The Morgan fingerprint density at radius 2 is 2.31 bits per heavy atom. The van der Waals surface area contributed by atoms with Gasteiger partial charge in [0, 0.05) is 6.61 Å². The number of likely N-dealkylation sites (N-methyl/N-ethyl adjacent to an activating group) is 1. The minimum absolute atomic E-state index is 0.101. The molecule has 0 unspecified atom stereocenters. The monoisotopic (exact) mass is 227 g/mol. The summed E-state index contributed by atoms with van der Waals surface area (Å²) in [4.78, 5) is 11.7. The van der Waals surface area contributed by atoms with Crippen molar-refractivity contribution in [3.8, 4) is 0 Å². The summed E-state index contributed by atoms with van der Waals surface area (Å²) in [6.45, 7) is 0.841. The van der Waals surface area contributed by atoms with Gasteiger partial charge >= 0.3 is 5.97 Å². The van der Waals surface area contributed by atoms with Gasteiger partial charge in [0.15, 0.2) is 0 Å². The first kappa shape index (κ1) is 11.9. The Morgan fingerprint density at radius 1 is 1.56 bits per heavy atom. The summed E-state index contributed by atoms with van der Waals surface area (Å²) in [7, 11) is 3.28. The molecule has 2 atom stereocenters. The molecule has 0 aromatic carbocycles. The molecule has 4 nitrogen and oxygen atoms in total. The molecule has 4 heteroatoms. The van der Waals surface area contributed by atoms with E-state index in [1.165, 1.54) is 7.11 Å². The van der Waals surface area contributed by atoms with Gasteiger partial charge < -0.3 is 14.8 Å². The highest BCUT2D eigenvalue weighted by atomic mass is 16.5. The van der Waals surface area contributed by atoms with Gasteiger partial charge in [0.05, 0.1) is 12.7 Å². The van der Waals surface area contributed by atoms with E-state index in [0.29, 0.717) is 5.92 Å². The summed E-state index contributed by atoms with van der Waals surface area (Å²) in [6, 6.07) is -0.177. The number of ether oxygens (including phenoxy) is 2. The highest BCUT2D eigenvalue weighted by molar-refractivity contribution is 5.76. The van der Waals surface area contributed by atoms with Gasteiger partial charge in [-0.1, -0.05) is 0 Å². The molecule has 16 heavy (non-hydrogen) atoms. The zero-order chi connectivity index (χ0) is 11.6. The van der Waals surface area contributed by atoms with Crippen LogP contribution in [-0.2, 0) is 14.3 Å². The molecule has 0 radical (unpaired) electrons. The molecule has 1 N–H and O–H groups in total. The number of hydrogen-bond acceptors (Lipinski definition) is 4. The van der Waals surface area contributed by atoms with Gasteiger partial charge in [-0.25, -0.2) is 0 Å². The molecule has 1 aliphatic carbocycles. The Labute approximate surface area is 96.7 Å². The molecule has 1 saturated heterocycles. The molecule has 2 fully saturated rings. The van der Waals surface area contributed by atoms with Gasteiger partial charge in [-0.3, -0.25) is 4.79 Å². The normalized spacial score (nSPS) is 29.5. The molecular weight excluding hydrogens is 206 g/mol. The average molecular weight is 227 g/mol. The van der Waals surface area contributed by atoms with Crippen molar-refractivity contribution in [2.75, 3.05) is 20.8 Å². The Morgan fingerprint density at radius 3 is 2.88 bits per heavy atom. The van der Waals surface area contributed by atoms with E-state index in [1.807, 2.05) is 7.05 Å². The van der Waals surface area contributed by atoms with Crippen LogP contribution in [0.15, 0.2) is 0 Å². The van der Waals surface area contributed by atoms with Crippen LogP contribution < -0.4 is 5.32 Å². The molecule has 0 aromatic heterocycles. The van der Waals surface area contributed by atoms with E-state index >= 15 is 0 Å². The fourth-order valence-electron chi connectivity index (χ4n) is 2.72. The molecule has 1 saturated carbocycles. The summed E-state index contributed by atoms with van der Waals surface area (Å²) >= 11 is 0. The van der Waals surface area contributed by atoms with Gasteiger partial charge in [0.2, 0.25) is 0 Å². The third-order valence-electron chi connectivity index (χ3n) is 3.81. The van der Waals surface area contributed by atoms with E-state index < -0.39 is 0 Å². The van der Waals surface area contributed by atoms with Crippen molar-refractivity contribution < 1.29 is 14.3 Å². The largest absolute Gasteiger partial charge is 0.468 e. The SMILES string of the molecule is CN[C@H](C(=O)OC)[C@@H]1CCCOC2(CC2)C1. The van der Waals surface area contributed by atoms with Crippen LogP contribution in [-0.4, -0.2) is 38.4 Å². The third-order valence-corrected chi connectivity index (χ3v) is 3.81. The molecular formula is C12H21NO3. The molecule has 2 rings (SSSR count). The first-order chi connectivity index (χ1) is 7.71. The van der Waals surface area contributed by atoms with E-state index in [2.05, 4.69) is 5.32 Å². The van der Waals surface area contributed by atoms with E-state index in [0.717, 1.165) is 38.7 Å². The first-order valence-corrected chi connectivity index (χ1v) is 6.10. The van der Waals surface area contributed by atoms with Crippen molar-refractivity contribution in [1.82, 2.24) is 5.32 Å². The first-order valence-electron chi connectivity index (χ1n) is 6.10. The van der Waals surface area contributed by atoms with Crippen molar-refractivity contribution >= 4 is 5.97 Å². The second-order valence-electron chi connectivity index (χ2n) is 4.93. The summed E-state index contributed by atoms with van der Waals surface area (Å²) < 4.78 is 10.7. The van der Waals surface area contributed by atoms with Crippen LogP contribution in [0.25, 0.3) is 0 Å². The number of nitrogens with one attached hydrogen (secondary N) is 1. The Bertz CT molecular complexity index is 263. The van der Waals surface area contributed by atoms with Crippen LogP contribution >= 0.6 is 0 Å². The number of hydrogen-bond donors (Lipinski definition) is 1. The fourth-order valence-corrected chi connectivity index (χ4v) is 2.72. The third kappa shape index (κ3) is 2.38. The summed E-state index contributed by atoms with van der Waals surface area (Å²) in [5.41, 5.74) is 0.101. The molecule has 1 aliphatic heterocycles. The van der Waals surface area contributed by atoms with Crippen molar-refractivity contribution in [3.05, 3.63) is 0 Å². The summed E-state index contributed by atoms with van der Waals surface area (Å²) in [6.07, 6.45) is 5.39. The number of esters is 1. The molecule has 0 bridgehead atoms. The average Bonchev–Trinajstić information content (AvgIpc) is 3.08. The lowest BCUT2D eigenvalue weighted by atomic mass is 9.89. The second-order valence-corrected chi connectivity index (χ2v) is 4.93. The summed E-state index contributed by atoms with van der Waals surface area (Å²) in [5.74, 6) is 0.202. The molecule has 0 aromatic rings. The molecule has 2 aliphatic rings. The van der Waals surface area contributed by atoms with Crippen LogP contribution in [0.2, 0.25) is 0 Å². The minimum Gasteiger partial charge on any atom is -0.468 e. The highest BCUT2D eigenvalue weighted by Gasteiger charge is 2.48. The van der Waals surface area contributed by atoms with E-state index in [-0.39, 0.29) is 17.6 Å². The number of carbonyl (C=O) groups is 1. The quantitative estimate of drug-likeness (QED) is 0.733. The molecule has 0 amide bonds. The van der Waals surface area contributed by atoms with Crippen LogP contribution in [0.3, 0.4) is 0 Å². The van der Waals surface area contributed by atoms with E-state index in [4.69, 9.17) is 9.47 Å². The van der Waals surface area contributed by atoms with Crippen LogP contribution in [0.1, 0.15) is 32.1 Å². The lowest BCUT2D eigenvalue weighted by Crippen LogP contribution is -2.42. The van der Waals surface area contributed by atoms with Crippen LogP contribution in [0.4, 0.5) is 0 Å². The Hall–Kier alpha value is -0.610.